The zero-order chi connectivity index (χ0) is 14.1. The third-order valence-electron chi connectivity index (χ3n) is 6.20. The Labute approximate surface area is 129 Å². The van der Waals surface area contributed by atoms with Crippen LogP contribution in [0.3, 0.4) is 0 Å². The van der Waals surface area contributed by atoms with Crippen molar-refractivity contribution in [3.8, 4) is 0 Å². The number of fused-ring (bicyclic) bond motifs is 1. The van der Waals surface area contributed by atoms with E-state index in [-0.39, 0.29) is 0 Å². The monoisotopic (exact) mass is 292 g/mol. The minimum atomic E-state index is 0.488. The number of nitrogens with zero attached hydrogens (tertiary/aromatic N) is 1. The van der Waals surface area contributed by atoms with Crippen molar-refractivity contribution in [2.24, 2.45) is 5.92 Å². The maximum absolute atomic E-state index is 6.32. The highest BCUT2D eigenvalue weighted by molar-refractivity contribution is 4.90. The van der Waals surface area contributed by atoms with Crippen LogP contribution in [0.25, 0.3) is 0 Å². The Kier molecular flexibility index (Phi) is 4.52. The lowest BCUT2D eigenvalue weighted by atomic mass is 9.78. The molecule has 0 radical (unpaired) electrons. The number of nitrogens with one attached hydrogen (secondary N) is 1. The van der Waals surface area contributed by atoms with Crippen molar-refractivity contribution < 1.29 is 4.74 Å². The van der Waals surface area contributed by atoms with Crippen LogP contribution in [-0.4, -0.2) is 48.8 Å². The van der Waals surface area contributed by atoms with Crippen LogP contribution in [0.1, 0.15) is 64.2 Å². The maximum Gasteiger partial charge on any atom is 0.0707 e. The lowest BCUT2D eigenvalue weighted by Gasteiger charge is -2.45. The minimum Gasteiger partial charge on any atom is -0.372 e. The topological polar surface area (TPSA) is 24.5 Å². The Morgan fingerprint density at radius 3 is 2.57 bits per heavy atom. The van der Waals surface area contributed by atoms with Crippen molar-refractivity contribution in [3.05, 3.63) is 0 Å². The van der Waals surface area contributed by atoms with Crippen molar-refractivity contribution >= 4 is 0 Å². The first-order valence-corrected chi connectivity index (χ1v) is 9.51. The van der Waals surface area contributed by atoms with Crippen LogP contribution in [0.4, 0.5) is 0 Å². The van der Waals surface area contributed by atoms with E-state index in [9.17, 15) is 0 Å². The predicted molar refractivity (Wildman–Crippen MR) is 85.5 cm³/mol. The molecule has 2 saturated carbocycles. The molecule has 4 unspecified atom stereocenters. The van der Waals surface area contributed by atoms with Gasteiger partial charge < -0.3 is 10.1 Å². The number of piperidine rings is 1. The summed E-state index contributed by atoms with van der Waals surface area (Å²) in [5.74, 6) is 1.00. The van der Waals surface area contributed by atoms with Gasteiger partial charge in [0.1, 0.15) is 0 Å². The molecule has 0 bridgehead atoms. The zero-order valence-electron chi connectivity index (χ0n) is 13.4. The summed E-state index contributed by atoms with van der Waals surface area (Å²) >= 11 is 0. The van der Waals surface area contributed by atoms with Gasteiger partial charge >= 0.3 is 0 Å². The van der Waals surface area contributed by atoms with Gasteiger partial charge in [-0.3, -0.25) is 4.90 Å². The molecule has 4 aliphatic rings. The highest BCUT2D eigenvalue weighted by atomic mass is 16.5. The molecule has 2 aliphatic heterocycles. The molecule has 2 saturated heterocycles. The smallest absolute Gasteiger partial charge is 0.0707 e. The van der Waals surface area contributed by atoms with Gasteiger partial charge in [0.05, 0.1) is 12.2 Å². The SMILES string of the molecule is C1CCC2C(C1)CCCN2CC1CCC(CNC2CC2)O1. The van der Waals surface area contributed by atoms with Crippen molar-refractivity contribution in [2.45, 2.75) is 88.5 Å². The summed E-state index contributed by atoms with van der Waals surface area (Å²) < 4.78 is 6.32. The Morgan fingerprint density at radius 2 is 1.67 bits per heavy atom. The molecule has 0 aromatic carbocycles. The predicted octanol–water partition coefficient (Wildman–Crippen LogP) is 2.94. The molecule has 2 heterocycles. The lowest BCUT2D eigenvalue weighted by molar-refractivity contribution is -0.0126. The van der Waals surface area contributed by atoms with E-state index in [1.807, 2.05) is 0 Å². The first-order chi connectivity index (χ1) is 10.4. The summed E-state index contributed by atoms with van der Waals surface area (Å²) in [5, 5.41) is 3.63. The van der Waals surface area contributed by atoms with Crippen molar-refractivity contribution in [2.75, 3.05) is 19.6 Å². The van der Waals surface area contributed by atoms with Crippen molar-refractivity contribution in [3.63, 3.8) is 0 Å². The molecule has 4 atom stereocenters. The van der Waals surface area contributed by atoms with Crippen molar-refractivity contribution in [1.82, 2.24) is 10.2 Å². The number of hydrogen-bond donors (Lipinski definition) is 1. The molecule has 2 aliphatic carbocycles. The van der Waals surface area contributed by atoms with E-state index in [1.165, 1.54) is 77.3 Å². The molecule has 3 heteroatoms. The molecule has 0 spiro atoms. The normalized spacial score (nSPS) is 41.1. The zero-order valence-corrected chi connectivity index (χ0v) is 13.4. The maximum atomic E-state index is 6.32. The summed E-state index contributed by atoms with van der Waals surface area (Å²) in [5.41, 5.74) is 0. The van der Waals surface area contributed by atoms with E-state index in [1.54, 1.807) is 0 Å². The fraction of sp³-hybridized carbons (Fsp3) is 1.00. The Hall–Kier alpha value is -0.120. The van der Waals surface area contributed by atoms with Crippen LogP contribution in [0.15, 0.2) is 0 Å². The fourth-order valence-corrected chi connectivity index (χ4v) is 4.87. The average Bonchev–Trinajstić information content (AvgIpc) is 3.25. The van der Waals surface area contributed by atoms with Crippen LogP contribution < -0.4 is 5.32 Å². The standard InChI is InChI=1S/C18H32N2O/c1-2-6-18-14(4-1)5-3-11-20(18)13-17-10-9-16(21-17)12-19-15-7-8-15/h14-19H,1-13H2. The quantitative estimate of drug-likeness (QED) is 0.843. The van der Waals surface area contributed by atoms with Crippen LogP contribution in [0.2, 0.25) is 0 Å². The van der Waals surface area contributed by atoms with Crippen molar-refractivity contribution in [1.29, 1.82) is 0 Å². The number of ether oxygens (including phenoxy) is 1. The fourth-order valence-electron chi connectivity index (χ4n) is 4.87. The van der Waals surface area contributed by atoms with E-state index in [0.29, 0.717) is 12.2 Å². The van der Waals surface area contributed by atoms with E-state index in [4.69, 9.17) is 4.74 Å². The van der Waals surface area contributed by atoms with Gasteiger partial charge in [-0.15, -0.1) is 0 Å². The molecule has 4 rings (SSSR count). The molecule has 21 heavy (non-hydrogen) atoms. The summed E-state index contributed by atoms with van der Waals surface area (Å²) in [6.45, 7) is 3.63. The molecular formula is C18H32N2O. The molecule has 4 fully saturated rings. The molecule has 0 amide bonds. The number of hydrogen-bond acceptors (Lipinski definition) is 3. The first-order valence-electron chi connectivity index (χ1n) is 9.51. The second-order valence-electron chi connectivity index (χ2n) is 7.89. The molecule has 0 aromatic heterocycles. The molecule has 3 nitrogen and oxygen atoms in total. The Bertz CT molecular complexity index is 342. The number of likely N-dealkylation sites (tertiary alicyclic amines) is 1. The third kappa shape index (κ3) is 3.62. The van der Waals surface area contributed by atoms with Gasteiger partial charge in [-0.1, -0.05) is 12.8 Å². The highest BCUT2D eigenvalue weighted by Crippen LogP contribution is 2.36. The first kappa shape index (κ1) is 14.5. The molecule has 0 aromatic rings. The Balaban J connectivity index is 1.25. The van der Waals surface area contributed by atoms with Gasteiger partial charge in [-0.05, 0) is 63.8 Å². The van der Waals surface area contributed by atoms with Gasteiger partial charge in [0.2, 0.25) is 0 Å². The van der Waals surface area contributed by atoms with E-state index >= 15 is 0 Å². The van der Waals surface area contributed by atoms with Gasteiger partial charge in [0.25, 0.3) is 0 Å². The van der Waals surface area contributed by atoms with Crippen LogP contribution in [-0.2, 0) is 4.74 Å². The van der Waals surface area contributed by atoms with Gasteiger partial charge in [0, 0.05) is 25.2 Å². The second-order valence-corrected chi connectivity index (χ2v) is 7.89. The van der Waals surface area contributed by atoms with Gasteiger partial charge in [0.15, 0.2) is 0 Å². The summed E-state index contributed by atoms with van der Waals surface area (Å²) in [6, 6.07) is 1.71. The minimum absolute atomic E-state index is 0.488. The molecule has 120 valence electrons. The third-order valence-corrected chi connectivity index (χ3v) is 6.20. The lowest BCUT2D eigenvalue weighted by Crippen LogP contribution is -2.49. The molecule has 1 N–H and O–H groups in total. The van der Waals surface area contributed by atoms with E-state index < -0.39 is 0 Å². The van der Waals surface area contributed by atoms with Gasteiger partial charge in [-0.25, -0.2) is 0 Å². The summed E-state index contributed by atoms with van der Waals surface area (Å²) in [4.78, 5) is 2.80. The summed E-state index contributed by atoms with van der Waals surface area (Å²) in [6.07, 6.45) is 15.1. The van der Waals surface area contributed by atoms with Crippen LogP contribution in [0.5, 0.6) is 0 Å². The number of rotatable bonds is 5. The Morgan fingerprint density at radius 1 is 0.857 bits per heavy atom. The van der Waals surface area contributed by atoms with E-state index in [2.05, 4.69) is 10.2 Å². The van der Waals surface area contributed by atoms with Crippen LogP contribution in [0, 0.1) is 5.92 Å². The van der Waals surface area contributed by atoms with Gasteiger partial charge in [-0.2, -0.15) is 0 Å². The highest BCUT2D eigenvalue weighted by Gasteiger charge is 2.36. The molecular weight excluding hydrogens is 260 g/mol. The van der Waals surface area contributed by atoms with Crippen LogP contribution >= 0.6 is 0 Å². The summed E-state index contributed by atoms with van der Waals surface area (Å²) in [7, 11) is 0. The second kappa shape index (κ2) is 6.55. The largest absolute Gasteiger partial charge is 0.372 e. The van der Waals surface area contributed by atoms with E-state index in [0.717, 1.165) is 24.5 Å². The average molecular weight is 292 g/mol.